The number of nitrogens with one attached hydrogen (secondary N) is 3. The molecule has 4 heterocycles. The second kappa shape index (κ2) is 13.9. The fraction of sp³-hybridized carbons (Fsp3) is 0.375. The van der Waals surface area contributed by atoms with Gasteiger partial charge < -0.3 is 34.9 Å². The van der Waals surface area contributed by atoms with E-state index in [1.54, 1.807) is 6.33 Å². The van der Waals surface area contributed by atoms with Gasteiger partial charge in [-0.2, -0.15) is 0 Å². The maximum absolute atomic E-state index is 13.9. The van der Waals surface area contributed by atoms with Crippen LogP contribution in [-0.2, 0) is 19.8 Å². The largest absolute Gasteiger partial charge is 0.453 e. The van der Waals surface area contributed by atoms with Crippen molar-refractivity contribution in [2.45, 2.75) is 44.7 Å². The average Bonchev–Trinajstić information content (AvgIpc) is 3.94. The van der Waals surface area contributed by atoms with E-state index in [0.29, 0.717) is 12.5 Å². The fourth-order valence-corrected chi connectivity index (χ4v) is 8.07. The number of imidazole rings is 1. The molecule has 2 amide bonds. The van der Waals surface area contributed by atoms with Crippen LogP contribution in [0.25, 0.3) is 33.3 Å². The highest BCUT2D eigenvalue weighted by Crippen LogP contribution is 2.52. The number of methoxy groups -OCH3 is 1. The van der Waals surface area contributed by atoms with Gasteiger partial charge in [0.1, 0.15) is 29.6 Å². The first kappa shape index (κ1) is 33.6. The number of benzene rings is 3. The Kier molecular flexibility index (Phi) is 9.00. The van der Waals surface area contributed by atoms with Crippen molar-refractivity contribution in [2.75, 3.05) is 50.2 Å². The molecule has 2 aliphatic heterocycles. The summed E-state index contributed by atoms with van der Waals surface area (Å²) in [4.78, 5) is 47.8. The molecule has 0 spiro atoms. The molecule has 1 aliphatic carbocycles. The summed E-state index contributed by atoms with van der Waals surface area (Å²) in [6, 6.07) is 22.4. The van der Waals surface area contributed by atoms with Crippen molar-refractivity contribution in [3.63, 3.8) is 0 Å². The molecule has 3 aromatic carbocycles. The van der Waals surface area contributed by atoms with Gasteiger partial charge in [-0.1, -0.05) is 44.2 Å². The molecule has 0 radical (unpaired) electrons. The Balaban J connectivity index is 1.00. The minimum absolute atomic E-state index is 0.0919. The van der Waals surface area contributed by atoms with Crippen molar-refractivity contribution in [1.29, 1.82) is 0 Å². The number of likely N-dealkylation sites (tertiary alicyclic amines) is 1. The van der Waals surface area contributed by atoms with Crippen molar-refractivity contribution in [2.24, 2.45) is 11.8 Å². The van der Waals surface area contributed by atoms with Crippen LogP contribution >= 0.6 is 0 Å². The Morgan fingerprint density at radius 1 is 0.962 bits per heavy atom. The number of carbonyl (C=O) groups excluding carboxylic acids is 2. The molecule has 3 unspecified atom stereocenters. The van der Waals surface area contributed by atoms with Gasteiger partial charge in [-0.05, 0) is 84.2 Å². The zero-order valence-corrected chi connectivity index (χ0v) is 29.8. The van der Waals surface area contributed by atoms with Crippen molar-refractivity contribution in [1.82, 2.24) is 30.2 Å². The smallest absolute Gasteiger partial charge is 0.407 e. The number of alkyl carbamates (subject to hydrolysis) is 1. The monoisotopic (exact) mass is 700 g/mol. The summed E-state index contributed by atoms with van der Waals surface area (Å²) in [6.45, 7) is 7.83. The average molecular weight is 701 g/mol. The van der Waals surface area contributed by atoms with Gasteiger partial charge in [0.2, 0.25) is 5.91 Å². The third-order valence-electron chi connectivity index (χ3n) is 10.9. The highest BCUT2D eigenvalue weighted by molar-refractivity contribution is 5.94. The van der Waals surface area contributed by atoms with E-state index in [1.165, 1.54) is 12.8 Å². The number of morpholine rings is 1. The molecule has 5 aromatic rings. The van der Waals surface area contributed by atoms with Gasteiger partial charge >= 0.3 is 6.09 Å². The molecule has 52 heavy (non-hydrogen) atoms. The van der Waals surface area contributed by atoms with Gasteiger partial charge in [-0.3, -0.25) is 4.79 Å². The Morgan fingerprint density at radius 2 is 1.71 bits per heavy atom. The van der Waals surface area contributed by atoms with Crippen LogP contribution in [0.4, 0.5) is 22.0 Å². The predicted octanol–water partition coefficient (Wildman–Crippen LogP) is 6.49. The van der Waals surface area contributed by atoms with E-state index < -0.39 is 17.7 Å². The number of fused-ring (bicyclic) bond motifs is 3. The molecular weight excluding hydrogens is 656 g/mol. The number of rotatable bonds is 9. The van der Waals surface area contributed by atoms with Gasteiger partial charge in [-0.25, -0.2) is 19.7 Å². The number of anilines is 3. The lowest BCUT2D eigenvalue weighted by atomic mass is 9.93. The van der Waals surface area contributed by atoms with Crippen molar-refractivity contribution in [3.8, 4) is 22.4 Å². The predicted molar refractivity (Wildman–Crippen MR) is 200 cm³/mol. The van der Waals surface area contributed by atoms with E-state index in [4.69, 9.17) is 14.5 Å². The molecule has 3 atom stereocenters. The first-order valence-electron chi connectivity index (χ1n) is 18.1. The third kappa shape index (κ3) is 6.32. The lowest BCUT2D eigenvalue weighted by molar-refractivity contribution is -0.140. The van der Waals surface area contributed by atoms with Gasteiger partial charge in [-0.15, -0.1) is 0 Å². The molecule has 3 N–H and O–H groups in total. The first-order chi connectivity index (χ1) is 25.3. The number of carbonyl (C=O) groups is 2. The summed E-state index contributed by atoms with van der Waals surface area (Å²) in [7, 11) is 1.31. The van der Waals surface area contributed by atoms with Crippen LogP contribution in [0.15, 0.2) is 79.3 Å². The van der Waals surface area contributed by atoms with Crippen molar-refractivity contribution < 1.29 is 19.1 Å². The standard InChI is InChI=1S/C40H44N8O4/c1-25(2)35(46-39(50)51-3)37(49)48-23-26-14-15-40(48,21-26)38-41-22-34(45-38)28-6-4-27(5-7-28)29-8-13-33-32(20-29)36(43-24-42-33)44-30-9-11-31(12-10-30)47-16-18-52-19-17-47/h4-13,20,22,24-26,35H,14-19,21,23H2,1-3H3,(H,41,45)(H,46,50)(H,42,43,44). The van der Waals surface area contributed by atoms with Crippen LogP contribution in [0.2, 0.25) is 0 Å². The first-order valence-corrected chi connectivity index (χ1v) is 18.1. The lowest BCUT2D eigenvalue weighted by Crippen LogP contribution is -2.56. The van der Waals surface area contributed by atoms with Crippen molar-refractivity contribution in [3.05, 3.63) is 85.1 Å². The maximum atomic E-state index is 13.9. The van der Waals surface area contributed by atoms with E-state index in [1.807, 2.05) is 31.0 Å². The molecule has 12 heteroatoms. The number of hydrogen-bond donors (Lipinski definition) is 3. The molecule has 268 valence electrons. The second-order valence-corrected chi connectivity index (χ2v) is 14.4. The van der Waals surface area contributed by atoms with Gasteiger partial charge in [0.15, 0.2) is 0 Å². The topological polar surface area (TPSA) is 138 Å². The number of ether oxygens (including phenoxy) is 2. The van der Waals surface area contributed by atoms with E-state index in [0.717, 1.165) is 96.2 Å². The van der Waals surface area contributed by atoms with E-state index in [-0.39, 0.29) is 11.8 Å². The quantitative estimate of drug-likeness (QED) is 0.158. The maximum Gasteiger partial charge on any atom is 0.407 e. The lowest BCUT2D eigenvalue weighted by Gasteiger charge is -2.40. The summed E-state index contributed by atoms with van der Waals surface area (Å²) >= 11 is 0. The van der Waals surface area contributed by atoms with E-state index in [2.05, 4.69) is 91.1 Å². The van der Waals surface area contributed by atoms with Crippen LogP contribution < -0.4 is 15.5 Å². The molecule has 3 fully saturated rings. The van der Waals surface area contributed by atoms with Gasteiger partial charge in [0.25, 0.3) is 0 Å². The Labute approximate surface area is 303 Å². The summed E-state index contributed by atoms with van der Waals surface area (Å²) < 4.78 is 10.3. The molecule has 2 saturated heterocycles. The number of aromatic amines is 1. The van der Waals surface area contributed by atoms with Crippen LogP contribution in [0.3, 0.4) is 0 Å². The summed E-state index contributed by atoms with van der Waals surface area (Å²) in [5, 5.41) is 7.20. The van der Waals surface area contributed by atoms with E-state index in [9.17, 15) is 9.59 Å². The third-order valence-corrected chi connectivity index (χ3v) is 10.9. The number of aromatic nitrogens is 4. The Morgan fingerprint density at radius 3 is 2.44 bits per heavy atom. The molecule has 3 aliphatic rings. The number of H-pyrrole nitrogens is 1. The van der Waals surface area contributed by atoms with Crippen LogP contribution in [-0.4, -0.2) is 82.8 Å². The molecule has 2 aromatic heterocycles. The summed E-state index contributed by atoms with van der Waals surface area (Å²) in [5.74, 6) is 1.77. The Hall–Kier alpha value is -5.49. The van der Waals surface area contributed by atoms with E-state index >= 15 is 0 Å². The molecule has 2 bridgehead atoms. The van der Waals surface area contributed by atoms with Crippen LogP contribution in [0.5, 0.6) is 0 Å². The second-order valence-electron chi connectivity index (χ2n) is 14.4. The molecule has 1 saturated carbocycles. The number of nitrogens with zero attached hydrogens (tertiary/aromatic N) is 5. The number of amides is 2. The van der Waals surface area contributed by atoms with Crippen molar-refractivity contribution >= 4 is 40.1 Å². The normalized spacial score (nSPS) is 20.3. The molecule has 8 rings (SSSR count). The van der Waals surface area contributed by atoms with Crippen LogP contribution in [0.1, 0.15) is 38.9 Å². The number of piperidine rings is 1. The summed E-state index contributed by atoms with van der Waals surface area (Å²) in [5.41, 5.74) is 6.51. The van der Waals surface area contributed by atoms with Gasteiger partial charge in [0.05, 0.1) is 37.7 Å². The van der Waals surface area contributed by atoms with Gasteiger partial charge in [0, 0.05) is 36.4 Å². The fourth-order valence-electron chi connectivity index (χ4n) is 8.07. The highest BCUT2D eigenvalue weighted by Gasteiger charge is 2.56. The minimum atomic E-state index is -0.675. The van der Waals surface area contributed by atoms with Crippen LogP contribution in [0, 0.1) is 11.8 Å². The number of hydrogen-bond acceptors (Lipinski definition) is 9. The molecular formula is C40H44N8O4. The summed E-state index contributed by atoms with van der Waals surface area (Å²) in [6.07, 6.45) is 5.58. The Bertz CT molecular complexity index is 2080. The zero-order valence-electron chi connectivity index (χ0n) is 29.8. The SMILES string of the molecule is COC(=O)NC(C(=O)N1CC2CCC1(c1ncc(-c3ccc(-c4ccc5ncnc(Nc6ccc(N7CCOCC7)cc6)c5c4)cc3)[nH]1)C2)C(C)C. The zero-order chi connectivity index (χ0) is 35.8. The highest BCUT2D eigenvalue weighted by atomic mass is 16.5. The minimum Gasteiger partial charge on any atom is -0.453 e. The molecule has 12 nitrogen and oxygen atoms in total.